The molecule has 0 fully saturated rings. The van der Waals surface area contributed by atoms with Gasteiger partial charge in [0.15, 0.2) is 17.5 Å². The second-order valence-corrected chi connectivity index (χ2v) is 6.47. The van der Waals surface area contributed by atoms with Crippen molar-refractivity contribution in [3.05, 3.63) is 53.7 Å². The molecule has 28 heavy (non-hydrogen) atoms. The van der Waals surface area contributed by atoms with E-state index in [1.807, 2.05) is 19.1 Å². The van der Waals surface area contributed by atoms with Crippen LogP contribution in [0, 0.1) is 5.82 Å². The van der Waals surface area contributed by atoms with Gasteiger partial charge >= 0.3 is 0 Å². The largest absolute Gasteiger partial charge is 0.494 e. The Labute approximate surface area is 164 Å². The van der Waals surface area contributed by atoms with Crippen molar-refractivity contribution in [3.8, 4) is 5.75 Å². The average Bonchev–Trinajstić information content (AvgIpc) is 3.18. The molecule has 0 bridgehead atoms. The van der Waals surface area contributed by atoms with Gasteiger partial charge in [0, 0.05) is 27.1 Å². The number of aliphatic imine (C=N–C) groups is 1. The maximum atomic E-state index is 14.0. The molecule has 1 heterocycles. The number of nitrogens with zero attached hydrogens (tertiary/aromatic N) is 2. The molecule has 1 unspecified atom stereocenters. The molecular formula is C20H27FN4O3. The van der Waals surface area contributed by atoms with Crippen molar-refractivity contribution in [2.24, 2.45) is 4.99 Å². The van der Waals surface area contributed by atoms with E-state index in [1.165, 1.54) is 18.1 Å². The highest BCUT2D eigenvalue weighted by Crippen LogP contribution is 2.21. The Bertz CT molecular complexity index is 791. The molecule has 2 aromatic rings. The first kappa shape index (κ1) is 21.3. The summed E-state index contributed by atoms with van der Waals surface area (Å²) < 4.78 is 24.3. The number of carbonyl (C=O) groups is 1. The fraction of sp³-hybridized carbons (Fsp3) is 0.400. The Morgan fingerprint density at radius 2 is 2.14 bits per heavy atom. The van der Waals surface area contributed by atoms with Gasteiger partial charge < -0.3 is 24.7 Å². The topological polar surface area (TPSA) is 79.1 Å². The zero-order chi connectivity index (χ0) is 20.5. The van der Waals surface area contributed by atoms with E-state index in [4.69, 9.17) is 9.15 Å². The smallest absolute Gasteiger partial charge is 0.243 e. The second kappa shape index (κ2) is 10.3. The molecule has 0 spiro atoms. The van der Waals surface area contributed by atoms with Crippen LogP contribution in [0.5, 0.6) is 5.75 Å². The van der Waals surface area contributed by atoms with Gasteiger partial charge in [-0.15, -0.1) is 0 Å². The third-order valence-electron chi connectivity index (χ3n) is 4.14. The van der Waals surface area contributed by atoms with Crippen LogP contribution in [-0.4, -0.2) is 51.1 Å². The van der Waals surface area contributed by atoms with E-state index in [2.05, 4.69) is 15.6 Å². The van der Waals surface area contributed by atoms with Gasteiger partial charge in [0.05, 0.1) is 19.4 Å². The number of carbonyl (C=O) groups excluding carboxylic acids is 1. The number of amides is 1. The summed E-state index contributed by atoms with van der Waals surface area (Å²) in [6, 6.07) is 8.28. The molecule has 0 saturated heterocycles. The monoisotopic (exact) mass is 390 g/mol. The average molecular weight is 390 g/mol. The number of halogens is 1. The Hall–Kier alpha value is -3.03. The molecule has 1 amide bonds. The van der Waals surface area contributed by atoms with Crippen LogP contribution < -0.4 is 15.4 Å². The number of guanidine groups is 1. The first-order valence-corrected chi connectivity index (χ1v) is 9.01. The van der Waals surface area contributed by atoms with E-state index >= 15 is 0 Å². The van der Waals surface area contributed by atoms with Crippen molar-refractivity contribution in [3.63, 3.8) is 0 Å². The second-order valence-electron chi connectivity index (χ2n) is 6.47. The number of rotatable bonds is 8. The zero-order valence-electron chi connectivity index (χ0n) is 16.7. The predicted octanol–water partition coefficient (Wildman–Crippen LogP) is 2.35. The van der Waals surface area contributed by atoms with Crippen molar-refractivity contribution in [1.29, 1.82) is 0 Å². The Morgan fingerprint density at radius 3 is 2.75 bits per heavy atom. The fourth-order valence-electron chi connectivity index (χ4n) is 2.44. The SMILES string of the molecule is COc1ccc(C(C)NC(=NCC(=O)N(C)C)NCCc2ccco2)cc1F. The molecule has 0 radical (unpaired) electrons. The van der Waals surface area contributed by atoms with E-state index in [1.54, 1.807) is 32.5 Å². The highest BCUT2D eigenvalue weighted by molar-refractivity contribution is 5.85. The first-order valence-electron chi connectivity index (χ1n) is 9.01. The maximum absolute atomic E-state index is 14.0. The lowest BCUT2D eigenvalue weighted by Gasteiger charge is -2.19. The molecule has 0 saturated carbocycles. The third kappa shape index (κ3) is 6.29. The highest BCUT2D eigenvalue weighted by atomic mass is 19.1. The lowest BCUT2D eigenvalue weighted by Crippen LogP contribution is -2.40. The van der Waals surface area contributed by atoms with Crippen molar-refractivity contribution in [2.45, 2.75) is 19.4 Å². The molecule has 2 N–H and O–H groups in total. The van der Waals surface area contributed by atoms with Gasteiger partial charge in [0.1, 0.15) is 12.3 Å². The van der Waals surface area contributed by atoms with Crippen molar-refractivity contribution < 1.29 is 18.3 Å². The van der Waals surface area contributed by atoms with E-state index < -0.39 is 5.82 Å². The molecule has 1 atom stereocenters. The number of ether oxygens (including phenoxy) is 1. The molecule has 0 aliphatic heterocycles. The van der Waals surface area contributed by atoms with Crippen molar-refractivity contribution in [1.82, 2.24) is 15.5 Å². The van der Waals surface area contributed by atoms with Crippen LogP contribution in [0.4, 0.5) is 4.39 Å². The zero-order valence-corrected chi connectivity index (χ0v) is 16.7. The summed E-state index contributed by atoms with van der Waals surface area (Å²) in [5.41, 5.74) is 0.734. The number of nitrogens with one attached hydrogen (secondary N) is 2. The number of likely N-dealkylation sites (N-methyl/N-ethyl adjacent to an activating group) is 1. The van der Waals surface area contributed by atoms with Gasteiger partial charge in [-0.3, -0.25) is 4.79 Å². The Kier molecular flexibility index (Phi) is 7.86. The number of hydrogen-bond donors (Lipinski definition) is 2. The van der Waals surface area contributed by atoms with E-state index in [9.17, 15) is 9.18 Å². The number of furan rings is 1. The molecule has 2 rings (SSSR count). The van der Waals surface area contributed by atoms with E-state index in [-0.39, 0.29) is 24.2 Å². The van der Waals surface area contributed by atoms with Crippen LogP contribution in [0.25, 0.3) is 0 Å². The Balaban J connectivity index is 2.04. The summed E-state index contributed by atoms with van der Waals surface area (Å²) in [5, 5.41) is 6.38. The Morgan fingerprint density at radius 1 is 1.36 bits per heavy atom. The molecular weight excluding hydrogens is 363 g/mol. The van der Waals surface area contributed by atoms with E-state index in [0.717, 1.165) is 11.3 Å². The molecule has 0 aliphatic carbocycles. The molecule has 8 heteroatoms. The lowest BCUT2D eigenvalue weighted by molar-refractivity contribution is -0.127. The molecule has 1 aromatic heterocycles. The third-order valence-corrected chi connectivity index (χ3v) is 4.14. The van der Waals surface area contributed by atoms with Crippen LogP contribution in [0.15, 0.2) is 46.0 Å². The van der Waals surface area contributed by atoms with Gasteiger partial charge in [0.2, 0.25) is 5.91 Å². The summed E-state index contributed by atoms with van der Waals surface area (Å²) in [6.45, 7) is 2.46. The number of benzene rings is 1. The van der Waals surface area contributed by atoms with Crippen LogP contribution in [-0.2, 0) is 11.2 Å². The van der Waals surface area contributed by atoms with Gasteiger partial charge in [-0.2, -0.15) is 0 Å². The predicted molar refractivity (Wildman–Crippen MR) is 106 cm³/mol. The normalized spacial score (nSPS) is 12.4. The minimum atomic E-state index is -0.430. The van der Waals surface area contributed by atoms with Crippen molar-refractivity contribution >= 4 is 11.9 Å². The number of methoxy groups -OCH3 is 1. The van der Waals surface area contributed by atoms with Crippen molar-refractivity contribution in [2.75, 3.05) is 34.3 Å². The van der Waals surface area contributed by atoms with Crippen LogP contribution in [0.3, 0.4) is 0 Å². The van der Waals surface area contributed by atoms with Gasteiger partial charge in [-0.25, -0.2) is 9.38 Å². The maximum Gasteiger partial charge on any atom is 0.243 e. The van der Waals surface area contributed by atoms with Crippen LogP contribution in [0.2, 0.25) is 0 Å². The summed E-state index contributed by atoms with van der Waals surface area (Å²) in [5.74, 6) is 0.959. The van der Waals surface area contributed by atoms with Crippen LogP contribution >= 0.6 is 0 Å². The highest BCUT2D eigenvalue weighted by Gasteiger charge is 2.12. The van der Waals surface area contributed by atoms with Gasteiger partial charge in [0.25, 0.3) is 0 Å². The summed E-state index contributed by atoms with van der Waals surface area (Å²) in [4.78, 5) is 17.7. The van der Waals surface area contributed by atoms with E-state index in [0.29, 0.717) is 18.9 Å². The van der Waals surface area contributed by atoms with Gasteiger partial charge in [-0.1, -0.05) is 6.07 Å². The van der Waals surface area contributed by atoms with Crippen LogP contribution in [0.1, 0.15) is 24.3 Å². The first-order chi connectivity index (χ1) is 13.4. The molecule has 7 nitrogen and oxygen atoms in total. The lowest BCUT2D eigenvalue weighted by atomic mass is 10.1. The molecule has 0 aliphatic rings. The quantitative estimate of drug-likeness (QED) is 0.534. The fourth-order valence-corrected chi connectivity index (χ4v) is 2.44. The minimum absolute atomic E-state index is 0.00673. The number of hydrogen-bond acceptors (Lipinski definition) is 4. The summed E-state index contributed by atoms with van der Waals surface area (Å²) in [6.07, 6.45) is 2.29. The molecule has 152 valence electrons. The summed E-state index contributed by atoms with van der Waals surface area (Å²) in [7, 11) is 4.78. The summed E-state index contributed by atoms with van der Waals surface area (Å²) >= 11 is 0. The molecule has 1 aromatic carbocycles. The van der Waals surface area contributed by atoms with Gasteiger partial charge in [-0.05, 0) is 36.8 Å². The standard InChI is InChI=1S/C20H27FN4O3/c1-14(15-7-8-18(27-4)17(21)12-15)24-20(23-13-19(26)25(2)3)22-10-9-16-6-5-11-28-16/h5-8,11-12,14H,9-10,13H2,1-4H3,(H2,22,23,24). The minimum Gasteiger partial charge on any atom is -0.494 e.